The van der Waals surface area contributed by atoms with Gasteiger partial charge in [-0.3, -0.25) is 9.10 Å². The molecule has 0 atom stereocenters. The van der Waals surface area contributed by atoms with Gasteiger partial charge in [0.15, 0.2) is 0 Å². The summed E-state index contributed by atoms with van der Waals surface area (Å²) < 4.78 is 33.0. The summed E-state index contributed by atoms with van der Waals surface area (Å²) in [5.74, 6) is 0.377. The Morgan fingerprint density at radius 1 is 1.00 bits per heavy atom. The molecule has 0 bridgehead atoms. The summed E-state index contributed by atoms with van der Waals surface area (Å²) in [4.78, 5) is 17.1. The highest BCUT2D eigenvalue weighted by molar-refractivity contribution is 7.92. The standard InChI is InChI=1S/C21H27N3O4S/c1-3-22-13-15-23(16-14-22)21(25)17-24(18-7-5-4-6-8-18)29(26,27)20-11-9-19(28-2)10-12-20/h4-12H,3,13-17H2,1-2H3. The number of hydrogen-bond donors (Lipinski definition) is 0. The number of rotatable bonds is 7. The van der Waals surface area contributed by atoms with Crippen molar-refractivity contribution in [2.24, 2.45) is 0 Å². The number of nitrogens with zero attached hydrogens (tertiary/aromatic N) is 3. The van der Waals surface area contributed by atoms with Gasteiger partial charge in [-0.2, -0.15) is 0 Å². The lowest BCUT2D eigenvalue weighted by atomic mass is 10.3. The SMILES string of the molecule is CCN1CCN(C(=O)CN(c2ccccc2)S(=O)(=O)c2ccc(OC)cc2)CC1. The number of sulfonamides is 1. The second-order valence-electron chi connectivity index (χ2n) is 6.84. The van der Waals surface area contributed by atoms with E-state index in [4.69, 9.17) is 4.74 Å². The molecule has 1 saturated heterocycles. The number of carbonyl (C=O) groups is 1. The minimum atomic E-state index is -3.91. The predicted molar refractivity (Wildman–Crippen MR) is 113 cm³/mol. The molecular weight excluding hydrogens is 390 g/mol. The van der Waals surface area contributed by atoms with E-state index in [0.29, 0.717) is 24.5 Å². The highest BCUT2D eigenvalue weighted by Gasteiger charge is 2.30. The Balaban J connectivity index is 1.86. The number of hydrogen-bond acceptors (Lipinski definition) is 5. The molecule has 1 heterocycles. The molecule has 2 aromatic carbocycles. The van der Waals surface area contributed by atoms with Crippen LogP contribution in [0.4, 0.5) is 5.69 Å². The number of benzene rings is 2. The van der Waals surface area contributed by atoms with Gasteiger partial charge in [-0.15, -0.1) is 0 Å². The van der Waals surface area contributed by atoms with Gasteiger partial charge in [-0.1, -0.05) is 25.1 Å². The van der Waals surface area contributed by atoms with Gasteiger partial charge < -0.3 is 14.5 Å². The first-order chi connectivity index (χ1) is 14.0. The lowest BCUT2D eigenvalue weighted by Crippen LogP contribution is -2.51. The molecule has 8 heteroatoms. The highest BCUT2D eigenvalue weighted by atomic mass is 32.2. The fraction of sp³-hybridized carbons (Fsp3) is 0.381. The first kappa shape index (κ1) is 21.1. The molecule has 0 N–H and O–H groups in total. The minimum Gasteiger partial charge on any atom is -0.497 e. The average molecular weight is 418 g/mol. The predicted octanol–water partition coefficient (Wildman–Crippen LogP) is 2.05. The minimum absolute atomic E-state index is 0.116. The number of methoxy groups -OCH3 is 1. The van der Waals surface area contributed by atoms with Gasteiger partial charge >= 0.3 is 0 Å². The van der Waals surface area contributed by atoms with E-state index in [2.05, 4.69) is 11.8 Å². The van der Waals surface area contributed by atoms with Crippen LogP contribution in [0.1, 0.15) is 6.92 Å². The average Bonchev–Trinajstić information content (AvgIpc) is 2.77. The van der Waals surface area contributed by atoms with Gasteiger partial charge in [0.05, 0.1) is 17.7 Å². The molecular formula is C21H27N3O4S. The maximum absolute atomic E-state index is 13.4. The molecule has 0 spiro atoms. The van der Waals surface area contributed by atoms with Gasteiger partial charge in [-0.05, 0) is 42.9 Å². The second kappa shape index (κ2) is 9.28. The Morgan fingerprint density at radius 3 is 2.17 bits per heavy atom. The fourth-order valence-corrected chi connectivity index (χ4v) is 4.73. The molecule has 0 aliphatic carbocycles. The molecule has 1 fully saturated rings. The van der Waals surface area contributed by atoms with Crippen LogP contribution in [0, 0.1) is 0 Å². The van der Waals surface area contributed by atoms with Crippen molar-refractivity contribution in [3.8, 4) is 5.75 Å². The molecule has 0 radical (unpaired) electrons. The summed E-state index contributed by atoms with van der Waals surface area (Å²) in [5.41, 5.74) is 0.462. The topological polar surface area (TPSA) is 70.2 Å². The third kappa shape index (κ3) is 4.89. The van der Waals surface area contributed by atoms with Crippen LogP contribution in [0.15, 0.2) is 59.5 Å². The van der Waals surface area contributed by atoms with Crippen LogP contribution in [0.2, 0.25) is 0 Å². The number of carbonyl (C=O) groups excluding carboxylic acids is 1. The monoisotopic (exact) mass is 417 g/mol. The zero-order valence-electron chi connectivity index (χ0n) is 16.8. The van der Waals surface area contributed by atoms with Gasteiger partial charge in [0.25, 0.3) is 10.0 Å². The lowest BCUT2D eigenvalue weighted by molar-refractivity contribution is -0.131. The zero-order valence-corrected chi connectivity index (χ0v) is 17.6. The Morgan fingerprint density at radius 2 is 1.62 bits per heavy atom. The quantitative estimate of drug-likeness (QED) is 0.690. The summed E-state index contributed by atoms with van der Waals surface area (Å²) in [5, 5.41) is 0. The van der Waals surface area contributed by atoms with Crippen molar-refractivity contribution in [1.82, 2.24) is 9.80 Å². The summed E-state index contributed by atoms with van der Waals surface area (Å²) in [6.45, 7) is 5.64. The highest BCUT2D eigenvalue weighted by Crippen LogP contribution is 2.25. The Labute approximate surface area is 172 Å². The largest absolute Gasteiger partial charge is 0.497 e. The van der Waals surface area contributed by atoms with E-state index >= 15 is 0 Å². The van der Waals surface area contributed by atoms with E-state index in [1.54, 1.807) is 41.3 Å². The van der Waals surface area contributed by atoms with Crippen molar-refractivity contribution in [2.75, 3.05) is 50.7 Å². The van der Waals surface area contributed by atoms with Gasteiger partial charge in [-0.25, -0.2) is 8.42 Å². The van der Waals surface area contributed by atoms with Crippen LogP contribution in [-0.4, -0.2) is 70.5 Å². The van der Waals surface area contributed by atoms with Gasteiger partial charge in [0, 0.05) is 26.2 Å². The number of para-hydroxylation sites is 1. The third-order valence-electron chi connectivity index (χ3n) is 5.14. The van der Waals surface area contributed by atoms with Crippen molar-refractivity contribution in [3.63, 3.8) is 0 Å². The number of ether oxygens (including phenoxy) is 1. The summed E-state index contributed by atoms with van der Waals surface area (Å²) in [7, 11) is -2.38. The van der Waals surface area contributed by atoms with E-state index in [0.717, 1.165) is 19.6 Å². The number of likely N-dealkylation sites (N-methyl/N-ethyl adjacent to an activating group) is 1. The molecule has 1 aliphatic rings. The van der Waals surface area contributed by atoms with Crippen LogP contribution in [0.25, 0.3) is 0 Å². The first-order valence-corrected chi connectivity index (χ1v) is 11.1. The van der Waals surface area contributed by atoms with Crippen LogP contribution in [0.3, 0.4) is 0 Å². The summed E-state index contributed by atoms with van der Waals surface area (Å²) in [6.07, 6.45) is 0. The molecule has 1 amide bonds. The normalized spacial score (nSPS) is 15.2. The molecule has 0 unspecified atom stereocenters. The number of piperazine rings is 1. The molecule has 0 saturated carbocycles. The van der Waals surface area contributed by atoms with E-state index in [9.17, 15) is 13.2 Å². The van der Waals surface area contributed by atoms with Crippen molar-refractivity contribution >= 4 is 21.6 Å². The van der Waals surface area contributed by atoms with Gasteiger partial charge in [0.2, 0.25) is 5.91 Å². The second-order valence-corrected chi connectivity index (χ2v) is 8.70. The van der Waals surface area contributed by atoms with Crippen molar-refractivity contribution in [2.45, 2.75) is 11.8 Å². The van der Waals surface area contributed by atoms with Crippen LogP contribution < -0.4 is 9.04 Å². The van der Waals surface area contributed by atoms with E-state index < -0.39 is 10.0 Å². The number of amides is 1. The summed E-state index contributed by atoms with van der Waals surface area (Å²) >= 11 is 0. The van der Waals surface area contributed by atoms with Crippen molar-refractivity contribution in [3.05, 3.63) is 54.6 Å². The smallest absolute Gasteiger partial charge is 0.264 e. The van der Waals surface area contributed by atoms with Crippen LogP contribution in [-0.2, 0) is 14.8 Å². The van der Waals surface area contributed by atoms with E-state index in [1.807, 2.05) is 6.07 Å². The van der Waals surface area contributed by atoms with E-state index in [1.165, 1.54) is 23.5 Å². The van der Waals surface area contributed by atoms with Crippen molar-refractivity contribution < 1.29 is 17.9 Å². The fourth-order valence-electron chi connectivity index (χ4n) is 3.32. The molecule has 7 nitrogen and oxygen atoms in total. The number of anilines is 1. The maximum Gasteiger partial charge on any atom is 0.264 e. The molecule has 29 heavy (non-hydrogen) atoms. The molecule has 0 aromatic heterocycles. The molecule has 156 valence electrons. The molecule has 1 aliphatic heterocycles. The lowest BCUT2D eigenvalue weighted by Gasteiger charge is -2.35. The van der Waals surface area contributed by atoms with E-state index in [-0.39, 0.29) is 17.3 Å². The maximum atomic E-state index is 13.4. The Hall–Kier alpha value is -2.58. The Kier molecular flexibility index (Phi) is 6.76. The first-order valence-electron chi connectivity index (χ1n) is 9.67. The molecule has 3 rings (SSSR count). The molecule has 2 aromatic rings. The van der Waals surface area contributed by atoms with Crippen molar-refractivity contribution in [1.29, 1.82) is 0 Å². The van der Waals surface area contributed by atoms with Crippen LogP contribution >= 0.6 is 0 Å². The van der Waals surface area contributed by atoms with Gasteiger partial charge in [0.1, 0.15) is 12.3 Å². The Bertz CT molecular complexity index is 909. The van der Waals surface area contributed by atoms with Crippen LogP contribution in [0.5, 0.6) is 5.75 Å². The summed E-state index contributed by atoms with van der Waals surface area (Å²) in [6, 6.07) is 14.9. The third-order valence-corrected chi connectivity index (χ3v) is 6.93. The zero-order chi connectivity index (χ0) is 20.9.